The van der Waals surface area contributed by atoms with Gasteiger partial charge < -0.3 is 15.1 Å². The summed E-state index contributed by atoms with van der Waals surface area (Å²) in [5.41, 5.74) is 2.82. The van der Waals surface area contributed by atoms with Gasteiger partial charge in [0.25, 0.3) is 0 Å². The van der Waals surface area contributed by atoms with Crippen LogP contribution in [0.25, 0.3) is 0 Å². The van der Waals surface area contributed by atoms with Gasteiger partial charge in [0.15, 0.2) is 0 Å². The lowest BCUT2D eigenvalue weighted by molar-refractivity contribution is -0.138. The molecule has 3 amide bonds. The Morgan fingerprint density at radius 2 is 1.71 bits per heavy atom. The van der Waals surface area contributed by atoms with Gasteiger partial charge >= 0.3 is 0 Å². The van der Waals surface area contributed by atoms with E-state index in [1.165, 1.54) is 0 Å². The number of anilines is 2. The Labute approximate surface area is 182 Å². The second kappa shape index (κ2) is 8.88. The van der Waals surface area contributed by atoms with Crippen molar-refractivity contribution in [1.29, 1.82) is 0 Å². The summed E-state index contributed by atoms with van der Waals surface area (Å²) in [4.78, 5) is 45.9. The molecule has 162 valence electrons. The summed E-state index contributed by atoms with van der Waals surface area (Å²) in [5.74, 6) is 0.0524. The van der Waals surface area contributed by atoms with E-state index in [1.807, 2.05) is 55.1 Å². The molecule has 1 aromatic carbocycles. The maximum absolute atomic E-state index is 13.0. The number of piperidine rings is 1. The van der Waals surface area contributed by atoms with Gasteiger partial charge in [-0.15, -0.1) is 0 Å². The fourth-order valence-corrected chi connectivity index (χ4v) is 4.31. The highest BCUT2D eigenvalue weighted by molar-refractivity contribution is 6.00. The van der Waals surface area contributed by atoms with E-state index >= 15 is 0 Å². The Morgan fingerprint density at radius 3 is 2.39 bits per heavy atom. The Morgan fingerprint density at radius 1 is 1.00 bits per heavy atom. The molecule has 7 nitrogen and oxygen atoms in total. The number of hydrogen-bond donors (Lipinski definition) is 1. The van der Waals surface area contributed by atoms with Gasteiger partial charge in [0.1, 0.15) is 5.82 Å². The van der Waals surface area contributed by atoms with Gasteiger partial charge in [-0.05, 0) is 51.0 Å². The smallest absolute Gasteiger partial charge is 0.228 e. The lowest BCUT2D eigenvalue weighted by Crippen LogP contribution is -2.44. The predicted octanol–water partition coefficient (Wildman–Crippen LogP) is 2.93. The summed E-state index contributed by atoms with van der Waals surface area (Å²) in [7, 11) is 0. The highest BCUT2D eigenvalue weighted by atomic mass is 16.2. The quantitative estimate of drug-likeness (QED) is 0.825. The van der Waals surface area contributed by atoms with E-state index in [9.17, 15) is 14.4 Å². The number of pyridine rings is 1. The molecule has 0 aliphatic carbocycles. The molecule has 2 aliphatic heterocycles. The first-order valence-corrected chi connectivity index (χ1v) is 10.8. The molecule has 7 heteroatoms. The second-order valence-electron chi connectivity index (χ2n) is 8.49. The zero-order valence-electron chi connectivity index (χ0n) is 18.0. The number of benzene rings is 1. The summed E-state index contributed by atoms with van der Waals surface area (Å²) in [5, 5.41) is 2.88. The van der Waals surface area contributed by atoms with Gasteiger partial charge in [0.2, 0.25) is 17.7 Å². The molecule has 0 unspecified atom stereocenters. The SMILES string of the molecule is Cc1ccc(N2C[C@@H](C(=O)N3CCC(C(=O)Nc4cccc(C)n4)CC3)CC2=O)cc1. The number of nitrogens with zero attached hydrogens (tertiary/aromatic N) is 3. The van der Waals surface area contributed by atoms with Crippen LogP contribution in [0, 0.1) is 25.7 Å². The van der Waals surface area contributed by atoms with Crippen molar-refractivity contribution in [2.45, 2.75) is 33.1 Å². The van der Waals surface area contributed by atoms with Crippen LogP contribution in [0.5, 0.6) is 0 Å². The van der Waals surface area contributed by atoms with Crippen LogP contribution in [0.15, 0.2) is 42.5 Å². The number of rotatable bonds is 4. The number of hydrogen-bond acceptors (Lipinski definition) is 4. The van der Waals surface area contributed by atoms with Crippen LogP contribution in [0.4, 0.5) is 11.5 Å². The fourth-order valence-electron chi connectivity index (χ4n) is 4.31. The molecule has 2 aromatic rings. The molecule has 0 spiro atoms. The largest absolute Gasteiger partial charge is 0.342 e. The van der Waals surface area contributed by atoms with Gasteiger partial charge in [-0.25, -0.2) is 4.98 Å². The minimum absolute atomic E-state index is 0.0119. The number of carbonyl (C=O) groups is 3. The Kier molecular flexibility index (Phi) is 6.02. The van der Waals surface area contributed by atoms with Crippen molar-refractivity contribution in [2.75, 3.05) is 29.9 Å². The zero-order valence-corrected chi connectivity index (χ0v) is 18.0. The molecule has 1 N–H and O–H groups in total. The average Bonchev–Trinajstić information content (AvgIpc) is 3.15. The maximum atomic E-state index is 13.0. The van der Waals surface area contributed by atoms with Gasteiger partial charge in [-0.2, -0.15) is 0 Å². The normalized spacial score (nSPS) is 19.5. The highest BCUT2D eigenvalue weighted by Crippen LogP contribution is 2.28. The number of nitrogens with one attached hydrogen (secondary N) is 1. The van der Waals surface area contributed by atoms with Crippen molar-refractivity contribution in [2.24, 2.45) is 11.8 Å². The lowest BCUT2D eigenvalue weighted by atomic mass is 9.94. The second-order valence-corrected chi connectivity index (χ2v) is 8.49. The molecule has 0 radical (unpaired) electrons. The van der Waals surface area contributed by atoms with Crippen molar-refractivity contribution in [1.82, 2.24) is 9.88 Å². The van der Waals surface area contributed by atoms with E-state index in [4.69, 9.17) is 0 Å². The number of likely N-dealkylation sites (tertiary alicyclic amines) is 1. The molecule has 3 heterocycles. The minimum Gasteiger partial charge on any atom is -0.342 e. The molecule has 1 aromatic heterocycles. The molecular weight excluding hydrogens is 392 g/mol. The Hall–Kier alpha value is -3.22. The first kappa shape index (κ1) is 21.0. The van der Waals surface area contributed by atoms with Gasteiger partial charge in [0, 0.05) is 43.4 Å². The first-order chi connectivity index (χ1) is 14.9. The van der Waals surface area contributed by atoms with Gasteiger partial charge in [-0.1, -0.05) is 23.8 Å². The number of amides is 3. The summed E-state index contributed by atoms with van der Waals surface area (Å²) >= 11 is 0. The molecule has 0 bridgehead atoms. The van der Waals surface area contributed by atoms with Crippen molar-refractivity contribution in [3.8, 4) is 0 Å². The minimum atomic E-state index is -0.323. The standard InChI is InChI=1S/C24H28N4O3/c1-16-6-8-20(9-7-16)28-15-19(14-22(28)29)24(31)27-12-10-18(11-13-27)23(30)26-21-5-3-4-17(2)25-21/h3-9,18-19H,10-15H2,1-2H3,(H,25,26,30)/t19-/m0/s1. The summed E-state index contributed by atoms with van der Waals surface area (Å²) < 4.78 is 0. The number of aromatic nitrogens is 1. The molecule has 2 fully saturated rings. The highest BCUT2D eigenvalue weighted by Gasteiger charge is 2.38. The molecule has 2 aliphatic rings. The van der Waals surface area contributed by atoms with E-state index in [1.54, 1.807) is 11.0 Å². The van der Waals surface area contributed by atoms with Crippen LogP contribution < -0.4 is 10.2 Å². The first-order valence-electron chi connectivity index (χ1n) is 10.8. The van der Waals surface area contributed by atoms with Gasteiger partial charge in [0.05, 0.1) is 5.92 Å². The Bertz CT molecular complexity index is 981. The van der Waals surface area contributed by atoms with E-state index in [-0.39, 0.29) is 36.0 Å². The Balaban J connectivity index is 1.30. The maximum Gasteiger partial charge on any atom is 0.228 e. The third kappa shape index (κ3) is 4.76. The fraction of sp³-hybridized carbons (Fsp3) is 0.417. The van der Waals surface area contributed by atoms with Crippen LogP contribution >= 0.6 is 0 Å². The summed E-state index contributed by atoms with van der Waals surface area (Å²) in [6.07, 6.45) is 1.48. The molecule has 0 saturated carbocycles. The topological polar surface area (TPSA) is 82.6 Å². The number of aryl methyl sites for hydroxylation is 2. The molecule has 2 saturated heterocycles. The molecule has 31 heavy (non-hydrogen) atoms. The van der Waals surface area contributed by atoms with Crippen LogP contribution in [0.3, 0.4) is 0 Å². The van der Waals surface area contributed by atoms with E-state index in [0.29, 0.717) is 38.3 Å². The third-order valence-corrected chi connectivity index (χ3v) is 6.14. The van der Waals surface area contributed by atoms with E-state index in [2.05, 4.69) is 10.3 Å². The number of carbonyl (C=O) groups excluding carboxylic acids is 3. The van der Waals surface area contributed by atoms with Crippen molar-refractivity contribution in [3.63, 3.8) is 0 Å². The monoisotopic (exact) mass is 420 g/mol. The summed E-state index contributed by atoms with van der Waals surface area (Å²) in [6.45, 7) is 5.37. The molecular formula is C24H28N4O3. The van der Waals surface area contributed by atoms with E-state index in [0.717, 1.165) is 16.9 Å². The predicted molar refractivity (Wildman–Crippen MR) is 119 cm³/mol. The van der Waals surface area contributed by atoms with Crippen LogP contribution in [0.2, 0.25) is 0 Å². The summed E-state index contributed by atoms with van der Waals surface area (Å²) in [6, 6.07) is 13.3. The van der Waals surface area contributed by atoms with Crippen molar-refractivity contribution < 1.29 is 14.4 Å². The van der Waals surface area contributed by atoms with Crippen LogP contribution in [-0.4, -0.2) is 47.2 Å². The van der Waals surface area contributed by atoms with E-state index < -0.39 is 0 Å². The zero-order chi connectivity index (χ0) is 22.0. The van der Waals surface area contributed by atoms with Gasteiger partial charge in [-0.3, -0.25) is 14.4 Å². The lowest BCUT2D eigenvalue weighted by Gasteiger charge is -2.32. The van der Waals surface area contributed by atoms with Crippen molar-refractivity contribution >= 4 is 29.2 Å². The average molecular weight is 421 g/mol. The van der Waals surface area contributed by atoms with Crippen LogP contribution in [0.1, 0.15) is 30.5 Å². The van der Waals surface area contributed by atoms with Crippen LogP contribution in [-0.2, 0) is 14.4 Å². The molecule has 4 rings (SSSR count). The molecule has 1 atom stereocenters. The third-order valence-electron chi connectivity index (χ3n) is 6.14. The van der Waals surface area contributed by atoms with Crippen molar-refractivity contribution in [3.05, 3.63) is 53.7 Å².